The summed E-state index contributed by atoms with van der Waals surface area (Å²) < 4.78 is 13.4. The summed E-state index contributed by atoms with van der Waals surface area (Å²) in [4.78, 5) is 30.2. The van der Waals surface area contributed by atoms with E-state index >= 15 is 0 Å². The SMILES string of the molecule is CCOC(=O)C=C(c1cccc2ccccc12)n1ccc2cc(OCCc3ccc4c(n3)N(C(=O)O)CCC4)ccc21. The highest BCUT2D eigenvalue weighted by atomic mass is 16.5. The maximum atomic E-state index is 12.6. The van der Waals surface area contributed by atoms with Crippen LogP contribution in [0.15, 0.2) is 91.1 Å². The average Bonchev–Trinajstić information content (AvgIpc) is 3.42. The van der Waals surface area contributed by atoms with Crippen molar-refractivity contribution in [1.29, 1.82) is 0 Å². The number of benzene rings is 3. The van der Waals surface area contributed by atoms with Gasteiger partial charge in [-0.2, -0.15) is 0 Å². The van der Waals surface area contributed by atoms with E-state index in [1.807, 2.05) is 71.4 Å². The first kappa shape index (κ1) is 27.1. The van der Waals surface area contributed by atoms with Crippen molar-refractivity contribution in [3.8, 4) is 5.75 Å². The number of esters is 1. The summed E-state index contributed by atoms with van der Waals surface area (Å²) in [6, 6.07) is 25.9. The van der Waals surface area contributed by atoms with E-state index in [4.69, 9.17) is 9.47 Å². The molecule has 8 heteroatoms. The first-order valence-electron chi connectivity index (χ1n) is 14.1. The Bertz CT molecular complexity index is 1820. The lowest BCUT2D eigenvalue weighted by molar-refractivity contribution is -0.137. The van der Waals surface area contributed by atoms with E-state index in [0.717, 1.165) is 57.0 Å². The Morgan fingerprint density at radius 3 is 2.71 bits per heavy atom. The largest absolute Gasteiger partial charge is 0.493 e. The fourth-order valence-corrected chi connectivity index (χ4v) is 5.52. The Morgan fingerprint density at radius 2 is 1.86 bits per heavy atom. The molecule has 5 aromatic rings. The van der Waals surface area contributed by atoms with Gasteiger partial charge in [0.05, 0.1) is 24.4 Å². The van der Waals surface area contributed by atoms with Gasteiger partial charge in [0.15, 0.2) is 0 Å². The van der Waals surface area contributed by atoms with Gasteiger partial charge >= 0.3 is 12.1 Å². The van der Waals surface area contributed by atoms with Crippen LogP contribution in [0.25, 0.3) is 27.4 Å². The number of rotatable bonds is 8. The van der Waals surface area contributed by atoms with E-state index in [1.165, 1.54) is 4.90 Å². The molecule has 1 aliphatic heterocycles. The van der Waals surface area contributed by atoms with Crippen LogP contribution >= 0.6 is 0 Å². The van der Waals surface area contributed by atoms with Gasteiger partial charge in [-0.1, -0.05) is 48.5 Å². The van der Waals surface area contributed by atoms with E-state index < -0.39 is 12.1 Å². The van der Waals surface area contributed by atoms with Gasteiger partial charge in [-0.3, -0.25) is 4.90 Å². The van der Waals surface area contributed by atoms with Crippen molar-refractivity contribution >= 4 is 45.3 Å². The van der Waals surface area contributed by atoms with Gasteiger partial charge in [0.1, 0.15) is 11.6 Å². The highest BCUT2D eigenvalue weighted by molar-refractivity contribution is 6.01. The maximum Gasteiger partial charge on any atom is 0.413 e. The molecule has 0 radical (unpaired) electrons. The minimum absolute atomic E-state index is 0.296. The summed E-state index contributed by atoms with van der Waals surface area (Å²) in [7, 11) is 0. The van der Waals surface area contributed by atoms with Crippen LogP contribution in [0.3, 0.4) is 0 Å². The van der Waals surface area contributed by atoms with Crippen molar-refractivity contribution in [2.75, 3.05) is 24.7 Å². The molecule has 2 aromatic heterocycles. The standard InChI is InChI=1S/C34H31N3O5/c1-2-41-32(38)22-31(29-11-5-8-23-7-3-4-10-28(23)29)36-19-16-25-21-27(14-15-30(25)36)42-20-17-26-13-12-24-9-6-18-37(34(39)40)33(24)35-26/h3-5,7-8,10-16,19,21-22H,2,6,9,17-18,20H2,1H3,(H,39,40). The molecule has 3 heterocycles. The number of hydrogen-bond donors (Lipinski definition) is 1. The molecule has 1 aliphatic rings. The van der Waals surface area contributed by atoms with Gasteiger partial charge in [-0.05, 0) is 66.4 Å². The molecular weight excluding hydrogens is 530 g/mol. The predicted molar refractivity (Wildman–Crippen MR) is 163 cm³/mol. The summed E-state index contributed by atoms with van der Waals surface area (Å²) >= 11 is 0. The second-order valence-corrected chi connectivity index (χ2v) is 10.1. The van der Waals surface area contributed by atoms with Gasteiger partial charge in [0.2, 0.25) is 0 Å². The second kappa shape index (κ2) is 11.8. The molecule has 0 bridgehead atoms. The van der Waals surface area contributed by atoms with Crippen molar-refractivity contribution in [2.45, 2.75) is 26.2 Å². The third kappa shape index (κ3) is 5.43. The number of pyridine rings is 1. The van der Waals surface area contributed by atoms with Crippen LogP contribution in [-0.4, -0.2) is 46.5 Å². The Hall–Kier alpha value is -5.11. The van der Waals surface area contributed by atoms with E-state index in [9.17, 15) is 14.7 Å². The lowest BCUT2D eigenvalue weighted by atomic mass is 10.0. The number of aromatic nitrogens is 2. The molecule has 0 saturated heterocycles. The summed E-state index contributed by atoms with van der Waals surface area (Å²) in [5.41, 5.74) is 4.33. The molecule has 0 unspecified atom stereocenters. The van der Waals surface area contributed by atoms with Crippen LogP contribution in [0.5, 0.6) is 5.75 Å². The minimum Gasteiger partial charge on any atom is -0.493 e. The van der Waals surface area contributed by atoms with Crippen LogP contribution in [0.4, 0.5) is 10.6 Å². The van der Waals surface area contributed by atoms with Gasteiger partial charge in [0, 0.05) is 41.9 Å². The predicted octanol–water partition coefficient (Wildman–Crippen LogP) is 6.69. The number of aryl methyl sites for hydroxylation is 1. The van der Waals surface area contributed by atoms with Crippen LogP contribution < -0.4 is 9.64 Å². The number of carboxylic acid groups (broad SMARTS) is 1. The van der Waals surface area contributed by atoms with Crippen LogP contribution in [0.2, 0.25) is 0 Å². The molecular formula is C34H31N3O5. The van der Waals surface area contributed by atoms with Gasteiger partial charge in [-0.15, -0.1) is 0 Å². The lowest BCUT2D eigenvalue weighted by Gasteiger charge is -2.26. The van der Waals surface area contributed by atoms with E-state index in [-0.39, 0.29) is 0 Å². The summed E-state index contributed by atoms with van der Waals surface area (Å²) in [5, 5.41) is 12.6. The minimum atomic E-state index is -0.974. The molecule has 3 aromatic carbocycles. The highest BCUT2D eigenvalue weighted by Crippen LogP contribution is 2.31. The number of nitrogens with zero attached hydrogens (tertiary/aromatic N) is 3. The van der Waals surface area contributed by atoms with Crippen LogP contribution in [0, 0.1) is 0 Å². The summed E-state index contributed by atoms with van der Waals surface area (Å²) in [5.74, 6) is 0.850. The van der Waals surface area contributed by atoms with Gasteiger partial charge < -0.3 is 19.1 Å². The Kier molecular flexibility index (Phi) is 7.60. The fraction of sp³-hybridized carbons (Fsp3) is 0.206. The topological polar surface area (TPSA) is 93.9 Å². The number of ether oxygens (including phenoxy) is 2. The van der Waals surface area contributed by atoms with Crippen LogP contribution in [-0.2, 0) is 22.4 Å². The fourth-order valence-electron chi connectivity index (χ4n) is 5.52. The molecule has 0 atom stereocenters. The number of fused-ring (bicyclic) bond motifs is 3. The zero-order valence-corrected chi connectivity index (χ0v) is 23.3. The number of carbonyl (C=O) groups is 2. The zero-order valence-electron chi connectivity index (χ0n) is 23.3. The Morgan fingerprint density at radius 1 is 1.00 bits per heavy atom. The number of amides is 1. The van der Waals surface area contributed by atoms with Crippen molar-refractivity contribution in [1.82, 2.24) is 9.55 Å². The van der Waals surface area contributed by atoms with Crippen LogP contribution in [0.1, 0.15) is 30.2 Å². The maximum absolute atomic E-state index is 12.6. The summed E-state index contributed by atoms with van der Waals surface area (Å²) in [6.45, 7) is 2.95. The van der Waals surface area contributed by atoms with Crippen molar-refractivity contribution in [3.05, 3.63) is 108 Å². The normalized spacial score (nSPS) is 13.3. The second-order valence-electron chi connectivity index (χ2n) is 10.1. The molecule has 212 valence electrons. The average molecular weight is 562 g/mol. The van der Waals surface area contributed by atoms with E-state index in [0.29, 0.717) is 37.7 Å². The number of anilines is 1. The first-order chi connectivity index (χ1) is 20.5. The molecule has 0 aliphatic carbocycles. The van der Waals surface area contributed by atoms with Crippen molar-refractivity contribution in [2.24, 2.45) is 0 Å². The zero-order chi connectivity index (χ0) is 29.1. The molecule has 0 fully saturated rings. The monoisotopic (exact) mass is 561 g/mol. The molecule has 1 N–H and O–H groups in total. The lowest BCUT2D eigenvalue weighted by Crippen LogP contribution is -2.35. The molecule has 6 rings (SSSR count). The quantitative estimate of drug-likeness (QED) is 0.168. The third-order valence-corrected chi connectivity index (χ3v) is 7.48. The molecule has 1 amide bonds. The van der Waals surface area contributed by atoms with E-state index in [1.54, 1.807) is 13.0 Å². The number of carbonyl (C=O) groups excluding carboxylic acids is 1. The first-order valence-corrected chi connectivity index (χ1v) is 14.1. The highest BCUT2D eigenvalue weighted by Gasteiger charge is 2.23. The molecule has 42 heavy (non-hydrogen) atoms. The number of hydrogen-bond acceptors (Lipinski definition) is 5. The molecule has 0 saturated carbocycles. The van der Waals surface area contributed by atoms with E-state index in [2.05, 4.69) is 23.2 Å². The van der Waals surface area contributed by atoms with Crippen molar-refractivity contribution < 1.29 is 24.2 Å². The Balaban J connectivity index is 1.24. The Labute approximate surface area is 243 Å². The van der Waals surface area contributed by atoms with Crippen molar-refractivity contribution in [3.63, 3.8) is 0 Å². The van der Waals surface area contributed by atoms with Gasteiger partial charge in [0.25, 0.3) is 0 Å². The van der Waals surface area contributed by atoms with Gasteiger partial charge in [-0.25, -0.2) is 14.6 Å². The molecule has 0 spiro atoms. The summed E-state index contributed by atoms with van der Waals surface area (Å²) in [6.07, 6.45) is 4.71. The molecule has 8 nitrogen and oxygen atoms in total. The third-order valence-electron chi connectivity index (χ3n) is 7.48. The smallest absolute Gasteiger partial charge is 0.413 e.